The van der Waals surface area contributed by atoms with E-state index in [0.29, 0.717) is 0 Å². The fourth-order valence-electron chi connectivity index (χ4n) is 2.31. The predicted octanol–water partition coefficient (Wildman–Crippen LogP) is 1.24. The van der Waals surface area contributed by atoms with Crippen molar-refractivity contribution >= 4 is 11.6 Å². The fourth-order valence-corrected chi connectivity index (χ4v) is 2.31. The van der Waals surface area contributed by atoms with Crippen LogP contribution in [0.5, 0.6) is 5.75 Å². The molecule has 1 aliphatic heterocycles. The molecule has 0 aliphatic carbocycles. The molecule has 2 rings (SSSR count). The molecule has 1 saturated heterocycles. The first-order valence-electron chi connectivity index (χ1n) is 6.63. The Bertz CT molecular complexity index is 499. The molecule has 0 spiro atoms. The van der Waals surface area contributed by atoms with Gasteiger partial charge in [-0.15, -0.1) is 0 Å². The monoisotopic (exact) mass is 281 g/mol. The Morgan fingerprint density at radius 3 is 2.70 bits per heavy atom. The Morgan fingerprint density at radius 2 is 2.10 bits per heavy atom. The molecule has 0 aromatic heterocycles. The van der Waals surface area contributed by atoms with E-state index < -0.39 is 5.82 Å². The lowest BCUT2D eigenvalue weighted by molar-refractivity contribution is 0.0916. The van der Waals surface area contributed by atoms with Crippen LogP contribution in [0.3, 0.4) is 0 Å². The minimum Gasteiger partial charge on any atom is -0.494 e. The van der Waals surface area contributed by atoms with Crippen molar-refractivity contribution in [1.82, 2.24) is 10.2 Å². The van der Waals surface area contributed by atoms with Crippen molar-refractivity contribution in [2.75, 3.05) is 33.0 Å². The average Bonchev–Trinajstić information content (AvgIpc) is 2.44. The number of carbonyl (C=O) groups is 1. The summed E-state index contributed by atoms with van der Waals surface area (Å²) in [5.74, 6) is -0.756. The van der Waals surface area contributed by atoms with Gasteiger partial charge in [0.15, 0.2) is 5.82 Å². The van der Waals surface area contributed by atoms with Gasteiger partial charge in [0.25, 0.3) is 5.91 Å². The third-order valence-corrected chi connectivity index (χ3v) is 3.63. The zero-order chi connectivity index (χ0) is 14.7. The number of nitrogens with one attached hydrogen (secondary N) is 1. The van der Waals surface area contributed by atoms with Crippen molar-refractivity contribution in [3.05, 3.63) is 23.5 Å². The van der Waals surface area contributed by atoms with Crippen LogP contribution in [-0.2, 0) is 0 Å². The molecule has 3 N–H and O–H groups in total. The first-order valence-corrected chi connectivity index (χ1v) is 6.63. The van der Waals surface area contributed by atoms with Crippen molar-refractivity contribution < 1.29 is 13.9 Å². The van der Waals surface area contributed by atoms with E-state index in [4.69, 9.17) is 10.5 Å². The molecule has 1 aromatic carbocycles. The number of nitrogen functional groups attached to an aromatic ring is 1. The normalized spacial score (nSPS) is 16.9. The number of amides is 1. The molecule has 1 aromatic rings. The van der Waals surface area contributed by atoms with Crippen molar-refractivity contribution in [1.29, 1.82) is 0 Å². The largest absolute Gasteiger partial charge is 0.494 e. The topological polar surface area (TPSA) is 67.6 Å². The molecule has 0 atom stereocenters. The molecule has 1 amide bonds. The van der Waals surface area contributed by atoms with Crippen LogP contribution < -0.4 is 15.8 Å². The van der Waals surface area contributed by atoms with Gasteiger partial charge in [-0.1, -0.05) is 0 Å². The van der Waals surface area contributed by atoms with E-state index in [1.54, 1.807) is 0 Å². The number of hydrogen-bond acceptors (Lipinski definition) is 4. The third-order valence-electron chi connectivity index (χ3n) is 3.63. The number of anilines is 1. The molecule has 0 radical (unpaired) electrons. The van der Waals surface area contributed by atoms with Crippen molar-refractivity contribution in [3.8, 4) is 5.75 Å². The van der Waals surface area contributed by atoms with Crippen LogP contribution in [0.15, 0.2) is 12.1 Å². The van der Waals surface area contributed by atoms with Gasteiger partial charge in [0.2, 0.25) is 0 Å². The Balaban J connectivity index is 2.07. The van der Waals surface area contributed by atoms with E-state index >= 15 is 0 Å². The molecule has 0 saturated carbocycles. The number of hydrogen-bond donors (Lipinski definition) is 2. The van der Waals surface area contributed by atoms with Gasteiger partial charge in [-0.2, -0.15) is 0 Å². The zero-order valence-electron chi connectivity index (χ0n) is 11.8. The van der Waals surface area contributed by atoms with Gasteiger partial charge in [-0.25, -0.2) is 4.39 Å². The second-order valence-electron chi connectivity index (χ2n) is 5.13. The molecule has 1 heterocycles. The highest BCUT2D eigenvalue weighted by atomic mass is 19.1. The van der Waals surface area contributed by atoms with Crippen LogP contribution in [0.1, 0.15) is 23.2 Å². The highest BCUT2D eigenvalue weighted by Crippen LogP contribution is 2.26. The highest BCUT2D eigenvalue weighted by molar-refractivity contribution is 5.95. The molecule has 6 heteroatoms. The minimum absolute atomic E-state index is 0.0802. The van der Waals surface area contributed by atoms with Crippen LogP contribution in [-0.4, -0.2) is 44.1 Å². The van der Waals surface area contributed by atoms with E-state index in [1.165, 1.54) is 13.2 Å². The summed E-state index contributed by atoms with van der Waals surface area (Å²) < 4.78 is 18.6. The fraction of sp³-hybridized carbons (Fsp3) is 0.500. The third kappa shape index (κ3) is 3.19. The van der Waals surface area contributed by atoms with Crippen molar-refractivity contribution in [2.24, 2.45) is 0 Å². The Hall–Kier alpha value is -1.82. The summed E-state index contributed by atoms with van der Waals surface area (Å²) in [6.07, 6.45) is 1.80. The van der Waals surface area contributed by atoms with E-state index in [2.05, 4.69) is 17.3 Å². The van der Waals surface area contributed by atoms with Crippen LogP contribution >= 0.6 is 0 Å². The molecule has 0 unspecified atom stereocenters. The molecule has 0 bridgehead atoms. The summed E-state index contributed by atoms with van der Waals surface area (Å²) >= 11 is 0. The smallest absolute Gasteiger partial charge is 0.251 e. The molecular formula is C14H20FN3O2. The van der Waals surface area contributed by atoms with Gasteiger partial charge in [0.05, 0.1) is 7.11 Å². The van der Waals surface area contributed by atoms with Gasteiger partial charge in [0.1, 0.15) is 11.4 Å². The zero-order valence-corrected chi connectivity index (χ0v) is 11.8. The Morgan fingerprint density at radius 1 is 1.45 bits per heavy atom. The molecule has 5 nitrogen and oxygen atoms in total. The molecule has 1 fully saturated rings. The highest BCUT2D eigenvalue weighted by Gasteiger charge is 2.20. The summed E-state index contributed by atoms with van der Waals surface area (Å²) in [6.45, 7) is 1.90. The first kappa shape index (κ1) is 14.6. The van der Waals surface area contributed by atoms with Gasteiger partial charge < -0.3 is 20.7 Å². The van der Waals surface area contributed by atoms with Gasteiger partial charge in [-0.05, 0) is 45.1 Å². The first-order chi connectivity index (χ1) is 9.51. The van der Waals surface area contributed by atoms with Gasteiger partial charge in [-0.3, -0.25) is 4.79 Å². The van der Waals surface area contributed by atoms with Gasteiger partial charge in [0, 0.05) is 11.6 Å². The second kappa shape index (κ2) is 6.09. The van der Waals surface area contributed by atoms with E-state index in [-0.39, 0.29) is 28.9 Å². The van der Waals surface area contributed by atoms with Crippen LogP contribution in [0, 0.1) is 5.82 Å². The van der Waals surface area contributed by atoms with Crippen molar-refractivity contribution in [3.63, 3.8) is 0 Å². The van der Waals surface area contributed by atoms with E-state index in [9.17, 15) is 9.18 Å². The lowest BCUT2D eigenvalue weighted by Gasteiger charge is -2.29. The number of nitrogens with zero attached hydrogens (tertiary/aromatic N) is 1. The van der Waals surface area contributed by atoms with Crippen LogP contribution in [0.2, 0.25) is 0 Å². The SMILES string of the molecule is COc1cc(C(=O)NC2CCN(C)CC2)cc(F)c1N. The Kier molecular flexibility index (Phi) is 4.44. The van der Waals surface area contributed by atoms with Gasteiger partial charge >= 0.3 is 0 Å². The summed E-state index contributed by atoms with van der Waals surface area (Å²) in [5.41, 5.74) is 5.67. The van der Waals surface area contributed by atoms with Crippen molar-refractivity contribution in [2.45, 2.75) is 18.9 Å². The average molecular weight is 281 g/mol. The maximum Gasteiger partial charge on any atom is 0.251 e. The minimum atomic E-state index is -0.641. The molecule has 110 valence electrons. The lowest BCUT2D eigenvalue weighted by Crippen LogP contribution is -2.43. The predicted molar refractivity (Wildman–Crippen MR) is 75.3 cm³/mol. The number of nitrogens with two attached hydrogens (primary N) is 1. The summed E-state index contributed by atoms with van der Waals surface area (Å²) in [6, 6.07) is 2.73. The summed E-state index contributed by atoms with van der Waals surface area (Å²) in [4.78, 5) is 14.4. The number of rotatable bonds is 3. The molecule has 20 heavy (non-hydrogen) atoms. The molecule has 1 aliphatic rings. The van der Waals surface area contributed by atoms with Crippen LogP contribution in [0.4, 0.5) is 10.1 Å². The number of likely N-dealkylation sites (tertiary alicyclic amines) is 1. The number of methoxy groups -OCH3 is 1. The number of carbonyl (C=O) groups excluding carboxylic acids is 1. The van der Waals surface area contributed by atoms with E-state index in [1.807, 2.05) is 0 Å². The maximum atomic E-state index is 13.6. The summed E-state index contributed by atoms with van der Waals surface area (Å²) in [5, 5.41) is 2.93. The van der Waals surface area contributed by atoms with E-state index in [0.717, 1.165) is 32.0 Å². The summed E-state index contributed by atoms with van der Waals surface area (Å²) in [7, 11) is 3.45. The van der Waals surface area contributed by atoms with Crippen LogP contribution in [0.25, 0.3) is 0 Å². The quantitative estimate of drug-likeness (QED) is 0.818. The molecular weight excluding hydrogens is 261 g/mol. The Labute approximate surface area is 117 Å². The standard InChI is InChI=1S/C14H20FN3O2/c1-18-5-3-10(4-6-18)17-14(19)9-7-11(15)13(16)12(8-9)20-2/h7-8,10H,3-6,16H2,1-2H3,(H,17,19). The lowest BCUT2D eigenvalue weighted by atomic mass is 10.0. The second-order valence-corrected chi connectivity index (χ2v) is 5.13. The number of piperidine rings is 1. The number of halogens is 1. The number of ether oxygens (including phenoxy) is 1. The number of benzene rings is 1. The maximum absolute atomic E-state index is 13.6.